The van der Waals surface area contributed by atoms with Gasteiger partial charge >= 0.3 is 5.97 Å². The third kappa shape index (κ3) is 3.61. The summed E-state index contributed by atoms with van der Waals surface area (Å²) in [6.45, 7) is 2.50. The van der Waals surface area contributed by atoms with Gasteiger partial charge in [0.15, 0.2) is 0 Å². The maximum absolute atomic E-state index is 11.0. The van der Waals surface area contributed by atoms with Gasteiger partial charge < -0.3 is 15.5 Å². The zero-order valence-corrected chi connectivity index (χ0v) is 12.2. The van der Waals surface area contributed by atoms with Gasteiger partial charge in [0.1, 0.15) is 5.82 Å². The number of pyridine rings is 1. The highest BCUT2D eigenvalue weighted by atomic mass is 35.5. The Morgan fingerprint density at radius 3 is 3.05 bits per heavy atom. The van der Waals surface area contributed by atoms with E-state index in [1.807, 2.05) is 0 Å². The molecule has 0 aliphatic heterocycles. The van der Waals surface area contributed by atoms with E-state index in [1.165, 1.54) is 12.3 Å². The van der Waals surface area contributed by atoms with Crippen LogP contribution in [0.5, 0.6) is 0 Å². The van der Waals surface area contributed by atoms with Gasteiger partial charge in [-0.1, -0.05) is 31.4 Å². The van der Waals surface area contributed by atoms with E-state index in [0.29, 0.717) is 18.3 Å². The number of carboxylic acid groups (broad SMARTS) is 1. The Labute approximate surface area is 123 Å². The number of nitrogens with zero attached hydrogens (tertiary/aromatic N) is 1. The zero-order chi connectivity index (χ0) is 14.8. The van der Waals surface area contributed by atoms with Gasteiger partial charge in [-0.2, -0.15) is 0 Å². The number of carbonyl (C=O) groups is 1. The maximum Gasteiger partial charge on any atom is 0.337 e. The number of nitrogens with one attached hydrogen (secondary N) is 1. The molecule has 3 N–H and O–H groups in total. The van der Waals surface area contributed by atoms with Crippen LogP contribution in [0, 0.1) is 5.92 Å². The fraction of sp³-hybridized carbons (Fsp3) is 0.571. The number of rotatable bonds is 4. The smallest absolute Gasteiger partial charge is 0.337 e. The van der Waals surface area contributed by atoms with Crippen LogP contribution >= 0.6 is 11.6 Å². The van der Waals surface area contributed by atoms with Gasteiger partial charge in [-0.15, -0.1) is 0 Å². The number of aromatic nitrogens is 1. The first-order valence-corrected chi connectivity index (χ1v) is 7.12. The summed E-state index contributed by atoms with van der Waals surface area (Å²) in [6, 6.07) is 1.39. The summed E-state index contributed by atoms with van der Waals surface area (Å²) in [4.78, 5) is 15.0. The van der Waals surface area contributed by atoms with Gasteiger partial charge in [0.2, 0.25) is 0 Å². The summed E-state index contributed by atoms with van der Waals surface area (Å²) in [5.41, 5.74) is -0.740. The Kier molecular flexibility index (Phi) is 4.50. The number of anilines is 1. The molecule has 2 unspecified atom stereocenters. The predicted octanol–water partition coefficient (Wildman–Crippen LogP) is 2.79. The van der Waals surface area contributed by atoms with Crippen molar-refractivity contribution in [1.29, 1.82) is 0 Å². The molecular weight excluding hydrogens is 280 g/mol. The SMILES string of the molecule is CC1CCCC(O)(CNc2cc(C(=O)O)c(Cl)cn2)C1. The largest absolute Gasteiger partial charge is 0.478 e. The second-order valence-corrected chi connectivity index (χ2v) is 6.04. The highest BCUT2D eigenvalue weighted by Crippen LogP contribution is 2.32. The first-order valence-electron chi connectivity index (χ1n) is 6.75. The predicted molar refractivity (Wildman–Crippen MR) is 77.3 cm³/mol. The minimum Gasteiger partial charge on any atom is -0.478 e. The molecule has 0 amide bonds. The third-order valence-corrected chi connectivity index (χ3v) is 4.05. The molecule has 0 aromatic carbocycles. The Balaban J connectivity index is 2.03. The average Bonchev–Trinajstić information content (AvgIpc) is 2.37. The molecule has 2 rings (SSSR count). The van der Waals surface area contributed by atoms with Crippen LogP contribution in [0.25, 0.3) is 0 Å². The van der Waals surface area contributed by atoms with E-state index in [4.69, 9.17) is 16.7 Å². The molecule has 0 radical (unpaired) electrons. The number of hydrogen-bond acceptors (Lipinski definition) is 4. The molecule has 1 aromatic heterocycles. The second-order valence-electron chi connectivity index (χ2n) is 5.63. The Hall–Kier alpha value is -1.33. The molecule has 0 spiro atoms. The lowest BCUT2D eigenvalue weighted by Gasteiger charge is -2.35. The van der Waals surface area contributed by atoms with Crippen LogP contribution in [0.1, 0.15) is 43.0 Å². The molecule has 1 aliphatic rings. The highest BCUT2D eigenvalue weighted by Gasteiger charge is 2.32. The number of aliphatic hydroxyl groups is 1. The Morgan fingerprint density at radius 2 is 2.40 bits per heavy atom. The molecule has 6 heteroatoms. The molecule has 0 saturated heterocycles. The number of carboxylic acids is 1. The van der Waals surface area contributed by atoms with Crippen molar-refractivity contribution in [2.75, 3.05) is 11.9 Å². The molecule has 5 nitrogen and oxygen atoms in total. The van der Waals surface area contributed by atoms with Crippen molar-refractivity contribution in [3.05, 3.63) is 22.8 Å². The van der Waals surface area contributed by atoms with Gasteiger partial charge in [-0.25, -0.2) is 9.78 Å². The van der Waals surface area contributed by atoms with Crippen LogP contribution in [0.4, 0.5) is 5.82 Å². The number of halogens is 1. The lowest BCUT2D eigenvalue weighted by molar-refractivity contribution is -0.000827. The Bertz CT molecular complexity index is 509. The van der Waals surface area contributed by atoms with Gasteiger partial charge in [-0.05, 0) is 24.8 Å². The first-order chi connectivity index (χ1) is 9.39. The minimum atomic E-state index is -1.09. The zero-order valence-electron chi connectivity index (χ0n) is 11.4. The molecule has 2 atom stereocenters. The van der Waals surface area contributed by atoms with Crippen LogP contribution in [-0.4, -0.2) is 33.3 Å². The standard InChI is InChI=1S/C14H19ClN2O3/c1-9-3-2-4-14(20,6-9)8-17-12-5-10(13(18)19)11(15)7-16-12/h5,7,9,20H,2-4,6,8H2,1H3,(H,16,17)(H,18,19). The lowest BCUT2D eigenvalue weighted by atomic mass is 9.79. The van der Waals surface area contributed by atoms with Crippen molar-refractivity contribution in [3.8, 4) is 0 Å². The van der Waals surface area contributed by atoms with Crippen LogP contribution in [-0.2, 0) is 0 Å². The number of aromatic carboxylic acids is 1. The van der Waals surface area contributed by atoms with Crippen molar-refractivity contribution in [2.45, 2.75) is 38.2 Å². The molecule has 20 heavy (non-hydrogen) atoms. The average molecular weight is 299 g/mol. The summed E-state index contributed by atoms with van der Waals surface area (Å²) in [6.07, 6.45) is 4.96. The van der Waals surface area contributed by atoms with Gasteiger partial charge in [0, 0.05) is 12.7 Å². The maximum atomic E-state index is 11.0. The lowest BCUT2D eigenvalue weighted by Crippen LogP contribution is -2.41. The quantitative estimate of drug-likeness (QED) is 0.796. The van der Waals surface area contributed by atoms with Crippen LogP contribution in [0.2, 0.25) is 5.02 Å². The van der Waals surface area contributed by atoms with E-state index in [9.17, 15) is 9.90 Å². The normalized spacial score (nSPS) is 26.2. The minimum absolute atomic E-state index is 0.00756. The van der Waals surface area contributed by atoms with Crippen LogP contribution in [0.3, 0.4) is 0 Å². The number of hydrogen-bond donors (Lipinski definition) is 3. The third-order valence-electron chi connectivity index (χ3n) is 3.75. The monoisotopic (exact) mass is 298 g/mol. The summed E-state index contributed by atoms with van der Waals surface area (Å²) in [5.74, 6) is -0.174. The van der Waals surface area contributed by atoms with E-state index in [1.54, 1.807) is 0 Å². The van der Waals surface area contributed by atoms with Crippen molar-refractivity contribution >= 4 is 23.4 Å². The van der Waals surface area contributed by atoms with E-state index in [-0.39, 0.29) is 10.6 Å². The Morgan fingerprint density at radius 1 is 1.65 bits per heavy atom. The van der Waals surface area contributed by atoms with Crippen molar-refractivity contribution in [1.82, 2.24) is 4.98 Å². The van der Waals surface area contributed by atoms with Gasteiger partial charge in [0.05, 0.1) is 16.2 Å². The fourth-order valence-electron chi connectivity index (χ4n) is 2.75. The molecule has 1 aliphatic carbocycles. The van der Waals surface area contributed by atoms with E-state index in [2.05, 4.69) is 17.2 Å². The van der Waals surface area contributed by atoms with Gasteiger partial charge in [0.25, 0.3) is 0 Å². The van der Waals surface area contributed by atoms with Crippen LogP contribution < -0.4 is 5.32 Å². The van der Waals surface area contributed by atoms with Crippen molar-refractivity contribution in [3.63, 3.8) is 0 Å². The van der Waals surface area contributed by atoms with Crippen LogP contribution in [0.15, 0.2) is 12.3 Å². The van der Waals surface area contributed by atoms with Crippen molar-refractivity contribution in [2.24, 2.45) is 5.92 Å². The molecule has 1 fully saturated rings. The first kappa shape index (κ1) is 15.1. The van der Waals surface area contributed by atoms with Gasteiger partial charge in [-0.3, -0.25) is 0 Å². The molecular formula is C14H19ClN2O3. The molecule has 1 heterocycles. The van der Waals surface area contributed by atoms with E-state index in [0.717, 1.165) is 25.7 Å². The fourth-order valence-corrected chi connectivity index (χ4v) is 2.93. The second kappa shape index (κ2) is 5.97. The summed E-state index contributed by atoms with van der Waals surface area (Å²) < 4.78 is 0. The molecule has 1 aromatic rings. The molecule has 1 saturated carbocycles. The molecule has 110 valence electrons. The molecule has 0 bridgehead atoms. The van der Waals surface area contributed by atoms with E-state index >= 15 is 0 Å². The van der Waals surface area contributed by atoms with E-state index < -0.39 is 11.6 Å². The summed E-state index contributed by atoms with van der Waals surface area (Å²) in [7, 11) is 0. The highest BCUT2D eigenvalue weighted by molar-refractivity contribution is 6.33. The van der Waals surface area contributed by atoms with Crippen molar-refractivity contribution < 1.29 is 15.0 Å². The summed E-state index contributed by atoms with van der Waals surface area (Å²) in [5, 5.41) is 22.6. The summed E-state index contributed by atoms with van der Waals surface area (Å²) >= 11 is 5.77. The topological polar surface area (TPSA) is 82.5 Å².